The van der Waals surface area contributed by atoms with Gasteiger partial charge in [0.15, 0.2) is 0 Å². The van der Waals surface area contributed by atoms with Gasteiger partial charge in [-0.05, 0) is 119 Å². The number of aryl methyl sites for hydroxylation is 4. The lowest BCUT2D eigenvalue weighted by Crippen LogP contribution is -2.19. The number of H-pyrrole nitrogens is 4. The minimum atomic E-state index is 1.06. The maximum Gasteiger partial charge on any atom is 0.0485 e. The summed E-state index contributed by atoms with van der Waals surface area (Å²) in [7, 11) is 0. The van der Waals surface area contributed by atoms with Gasteiger partial charge in [0.25, 0.3) is 0 Å². The van der Waals surface area contributed by atoms with Crippen LogP contribution in [0.4, 0.5) is 0 Å². The van der Waals surface area contributed by atoms with Crippen molar-refractivity contribution < 1.29 is 0 Å². The van der Waals surface area contributed by atoms with E-state index in [9.17, 15) is 0 Å². The number of aromatic nitrogens is 4. The number of aromatic amines is 4. The first-order valence-electron chi connectivity index (χ1n) is 22.2. The number of fused-ring (bicyclic) bond motifs is 8. The molecule has 8 aromatic rings. The van der Waals surface area contributed by atoms with Gasteiger partial charge in [-0.15, -0.1) is 0 Å². The summed E-state index contributed by atoms with van der Waals surface area (Å²) in [6.45, 7) is 8.97. The van der Waals surface area contributed by atoms with Crippen LogP contribution in [0.2, 0.25) is 0 Å². The molecule has 4 heteroatoms. The summed E-state index contributed by atoms with van der Waals surface area (Å²) in [6, 6.07) is 54.6. The molecular formula is C56H56N4. The van der Waals surface area contributed by atoms with Gasteiger partial charge in [-0.2, -0.15) is 0 Å². The molecule has 0 saturated heterocycles. The molecular weight excluding hydrogens is 729 g/mol. The van der Waals surface area contributed by atoms with Crippen LogP contribution in [0.15, 0.2) is 146 Å². The lowest BCUT2D eigenvalue weighted by molar-refractivity contribution is 0.921. The zero-order valence-electron chi connectivity index (χ0n) is 35.5. The third kappa shape index (κ3) is 7.82. The van der Waals surface area contributed by atoms with Crippen molar-refractivity contribution in [2.45, 2.75) is 79.1 Å². The Morgan fingerprint density at radius 2 is 0.467 bits per heavy atom. The molecule has 0 saturated carbocycles. The molecule has 0 atom stereocenters. The third-order valence-corrected chi connectivity index (χ3v) is 12.0. The molecule has 60 heavy (non-hydrogen) atoms. The van der Waals surface area contributed by atoms with E-state index in [1.807, 2.05) is 0 Å². The van der Waals surface area contributed by atoms with Crippen LogP contribution in [-0.2, 0) is 25.7 Å². The Kier molecular flexibility index (Phi) is 11.3. The first-order chi connectivity index (χ1) is 29.5. The minimum absolute atomic E-state index is 1.06. The van der Waals surface area contributed by atoms with Gasteiger partial charge in [0.1, 0.15) is 0 Å². The van der Waals surface area contributed by atoms with E-state index < -0.39 is 0 Å². The largest absolute Gasteiger partial charge is 0.354 e. The van der Waals surface area contributed by atoms with Gasteiger partial charge in [-0.25, -0.2) is 0 Å². The number of nitrogens with one attached hydrogen (secondary N) is 4. The van der Waals surface area contributed by atoms with Crippen molar-refractivity contribution in [3.8, 4) is 0 Å². The SMILES string of the molecule is CCCc1ccc(C2=c3ccc([nH]3)=C(c3ccc(CCC)cc3)c3ccc([nH]3)C(c3ccc(CCC)cc3)=c3ccc([nH]3)=C(c3ccc(CCC)cc3)c3ccc2[nH]3)cc1. The molecule has 300 valence electrons. The molecule has 1 aliphatic rings. The van der Waals surface area contributed by atoms with E-state index in [4.69, 9.17) is 0 Å². The van der Waals surface area contributed by atoms with Crippen molar-refractivity contribution in [2.24, 2.45) is 0 Å². The molecule has 4 nitrogen and oxygen atoms in total. The molecule has 1 aliphatic heterocycles. The van der Waals surface area contributed by atoms with Crippen LogP contribution in [0.5, 0.6) is 0 Å². The highest BCUT2D eigenvalue weighted by molar-refractivity contribution is 5.85. The highest BCUT2D eigenvalue weighted by Crippen LogP contribution is 2.29. The highest BCUT2D eigenvalue weighted by atomic mass is 14.8. The molecule has 9 rings (SSSR count). The van der Waals surface area contributed by atoms with Crippen molar-refractivity contribution in [1.29, 1.82) is 0 Å². The van der Waals surface area contributed by atoms with Crippen molar-refractivity contribution in [1.82, 2.24) is 19.9 Å². The quantitative estimate of drug-likeness (QED) is 0.0954. The van der Waals surface area contributed by atoms with Crippen LogP contribution >= 0.6 is 0 Å². The van der Waals surface area contributed by atoms with Gasteiger partial charge in [-0.3, -0.25) is 0 Å². The normalized spacial score (nSPS) is 12.7. The van der Waals surface area contributed by atoms with Crippen LogP contribution in [0.1, 0.15) is 121 Å². The fourth-order valence-corrected chi connectivity index (χ4v) is 9.08. The Balaban J connectivity index is 1.36. The van der Waals surface area contributed by atoms with Gasteiger partial charge < -0.3 is 19.9 Å². The second-order valence-corrected chi connectivity index (χ2v) is 16.4. The topological polar surface area (TPSA) is 63.2 Å². The lowest BCUT2D eigenvalue weighted by atomic mass is 10.00. The number of hydrogen-bond donors (Lipinski definition) is 4. The van der Waals surface area contributed by atoms with E-state index in [0.717, 1.165) is 118 Å². The van der Waals surface area contributed by atoms with Gasteiger partial charge in [0.05, 0.1) is 0 Å². The van der Waals surface area contributed by atoms with Crippen LogP contribution in [0.3, 0.4) is 0 Å². The molecule has 0 spiro atoms. The number of benzene rings is 4. The molecule has 0 fully saturated rings. The van der Waals surface area contributed by atoms with E-state index in [1.165, 1.54) is 44.5 Å². The lowest BCUT2D eigenvalue weighted by Gasteiger charge is -2.11. The second kappa shape index (κ2) is 17.4. The van der Waals surface area contributed by atoms with Crippen molar-refractivity contribution >= 4 is 22.3 Å². The van der Waals surface area contributed by atoms with E-state index in [-0.39, 0.29) is 0 Å². The standard InChI is InChI=1S/C56H56N4/c1-5-9-37-13-21-41(22-14-37)53-45-29-31-47(57-45)54(42-23-15-38(10-6-2)16-24-42)49-33-35-51(59-49)56(44-27-19-40(12-8-4)20-28-44)52-36-34-50(60-52)55(48-32-30-46(53)58-48)43-25-17-39(11-7-3)18-26-43/h13-36,57-60H,5-12H2,1-4H3. The van der Waals surface area contributed by atoms with Gasteiger partial charge >= 0.3 is 0 Å². The minimum Gasteiger partial charge on any atom is -0.354 e. The third-order valence-electron chi connectivity index (χ3n) is 12.0. The molecule has 0 radical (unpaired) electrons. The molecule has 4 aromatic carbocycles. The summed E-state index contributed by atoms with van der Waals surface area (Å²) in [5, 5.41) is 4.25. The zero-order valence-corrected chi connectivity index (χ0v) is 35.5. The summed E-state index contributed by atoms with van der Waals surface area (Å²) in [5.41, 5.74) is 18.9. The summed E-state index contributed by atoms with van der Waals surface area (Å²) in [6.07, 6.45) is 8.76. The average Bonchev–Trinajstić information content (AvgIpc) is 4.12. The second-order valence-electron chi connectivity index (χ2n) is 16.4. The Labute approximate surface area is 354 Å². The van der Waals surface area contributed by atoms with Crippen LogP contribution < -0.4 is 21.4 Å². The fraction of sp³-hybridized carbons (Fsp3) is 0.214. The van der Waals surface area contributed by atoms with Crippen LogP contribution in [-0.4, -0.2) is 19.9 Å². The Bertz CT molecular complexity index is 2570. The Morgan fingerprint density at radius 3 is 0.667 bits per heavy atom. The van der Waals surface area contributed by atoms with Crippen molar-refractivity contribution in [3.05, 3.63) is 234 Å². The Morgan fingerprint density at radius 1 is 0.250 bits per heavy atom. The molecule has 5 heterocycles. The predicted molar refractivity (Wildman–Crippen MR) is 250 cm³/mol. The average molecular weight is 785 g/mol. The molecule has 4 aromatic heterocycles. The highest BCUT2D eigenvalue weighted by Gasteiger charge is 2.19. The van der Waals surface area contributed by atoms with Crippen LogP contribution in [0.25, 0.3) is 22.3 Å². The smallest absolute Gasteiger partial charge is 0.0485 e. The Hall–Kier alpha value is -6.52. The summed E-state index contributed by atoms with van der Waals surface area (Å²) in [5.74, 6) is 0. The number of rotatable bonds is 12. The van der Waals surface area contributed by atoms with Crippen molar-refractivity contribution in [3.63, 3.8) is 0 Å². The van der Waals surface area contributed by atoms with Gasteiger partial charge in [0, 0.05) is 66.5 Å². The summed E-state index contributed by atoms with van der Waals surface area (Å²) in [4.78, 5) is 15.8. The summed E-state index contributed by atoms with van der Waals surface area (Å²) >= 11 is 0. The predicted octanol–water partition coefficient (Wildman–Crippen LogP) is 10.1. The molecule has 0 unspecified atom stereocenters. The van der Waals surface area contributed by atoms with Crippen molar-refractivity contribution in [2.75, 3.05) is 0 Å². The zero-order chi connectivity index (χ0) is 41.0. The monoisotopic (exact) mass is 784 g/mol. The van der Waals surface area contributed by atoms with E-state index in [1.54, 1.807) is 0 Å². The number of hydrogen-bond acceptors (Lipinski definition) is 0. The van der Waals surface area contributed by atoms with E-state index in [0.29, 0.717) is 0 Å². The molecule has 0 aliphatic carbocycles. The van der Waals surface area contributed by atoms with E-state index >= 15 is 0 Å². The first-order valence-corrected chi connectivity index (χ1v) is 22.2. The van der Waals surface area contributed by atoms with Crippen LogP contribution in [0, 0.1) is 0 Å². The van der Waals surface area contributed by atoms with E-state index in [2.05, 4.69) is 193 Å². The molecule has 0 amide bonds. The summed E-state index contributed by atoms with van der Waals surface area (Å²) < 4.78 is 0. The van der Waals surface area contributed by atoms with Gasteiger partial charge in [0.2, 0.25) is 0 Å². The molecule has 8 bridgehead atoms. The fourth-order valence-electron chi connectivity index (χ4n) is 9.08. The van der Waals surface area contributed by atoms with Gasteiger partial charge in [-0.1, -0.05) is 150 Å². The maximum absolute atomic E-state index is 3.96. The first kappa shape index (κ1) is 39.0. The molecule has 4 N–H and O–H groups in total. The maximum atomic E-state index is 3.96.